The van der Waals surface area contributed by atoms with Crippen molar-refractivity contribution in [2.45, 2.75) is 38.6 Å². The van der Waals surface area contributed by atoms with E-state index in [4.69, 9.17) is 0 Å². The molecule has 0 spiro atoms. The number of benzene rings is 2. The Labute approximate surface area is 142 Å². The summed E-state index contributed by atoms with van der Waals surface area (Å²) in [5, 5.41) is 0. The predicted octanol–water partition coefficient (Wildman–Crippen LogP) is 5.48. The second-order valence-corrected chi connectivity index (χ2v) is 5.70. The van der Waals surface area contributed by atoms with Crippen LogP contribution in [0.15, 0.2) is 42.5 Å². The maximum Gasteiger partial charge on any atom is 0.586 e. The second-order valence-electron chi connectivity index (χ2n) is 5.70. The van der Waals surface area contributed by atoms with Gasteiger partial charge in [0.2, 0.25) is 0 Å². The Bertz CT molecular complexity index is 744. The molecule has 0 bridgehead atoms. The normalized spacial score (nSPS) is 15.2. The summed E-state index contributed by atoms with van der Waals surface area (Å²) in [6.45, 7) is 2.05. The molecule has 0 saturated carbocycles. The van der Waals surface area contributed by atoms with Gasteiger partial charge in [0.15, 0.2) is 11.5 Å². The summed E-state index contributed by atoms with van der Waals surface area (Å²) in [7, 11) is 0. The minimum Gasteiger partial charge on any atom is -0.429 e. The van der Waals surface area contributed by atoms with E-state index >= 15 is 0 Å². The van der Waals surface area contributed by atoms with Crippen LogP contribution in [0.4, 0.5) is 17.6 Å². The molecule has 1 heterocycles. The molecule has 0 atom stereocenters. The molecule has 25 heavy (non-hydrogen) atoms. The molecule has 0 radical (unpaired) electrons. The van der Waals surface area contributed by atoms with Crippen molar-refractivity contribution in [3.8, 4) is 17.2 Å². The van der Waals surface area contributed by atoms with Crippen LogP contribution in [0.1, 0.15) is 30.9 Å². The first kappa shape index (κ1) is 17.4. The molecule has 0 aliphatic carbocycles. The van der Waals surface area contributed by atoms with Gasteiger partial charge in [0.1, 0.15) is 5.75 Å². The first-order chi connectivity index (χ1) is 11.8. The summed E-state index contributed by atoms with van der Waals surface area (Å²) in [5.74, 6) is -0.894. The van der Waals surface area contributed by atoms with Gasteiger partial charge >= 0.3 is 12.4 Å². The highest BCUT2D eigenvalue weighted by atomic mass is 19.3. The van der Waals surface area contributed by atoms with Gasteiger partial charge in [-0.1, -0.05) is 25.5 Å². The van der Waals surface area contributed by atoms with E-state index in [0.717, 1.165) is 43.0 Å². The van der Waals surface area contributed by atoms with E-state index in [1.165, 1.54) is 12.1 Å². The Balaban J connectivity index is 1.73. The van der Waals surface area contributed by atoms with Gasteiger partial charge in [-0.25, -0.2) is 0 Å². The highest BCUT2D eigenvalue weighted by Crippen LogP contribution is 2.44. The maximum absolute atomic E-state index is 14.3. The SMILES string of the molecule is CCCCc1ccc(C(F)(F)Oc2ccc3c(c2)OC(F)(F)O3)cc1. The van der Waals surface area contributed by atoms with E-state index < -0.39 is 12.4 Å². The summed E-state index contributed by atoms with van der Waals surface area (Å²) in [5.41, 5.74) is 0.641. The summed E-state index contributed by atoms with van der Waals surface area (Å²) in [4.78, 5) is 0. The van der Waals surface area contributed by atoms with Crippen molar-refractivity contribution in [1.29, 1.82) is 0 Å². The molecule has 0 saturated heterocycles. The van der Waals surface area contributed by atoms with Crippen LogP contribution in [0.25, 0.3) is 0 Å². The largest absolute Gasteiger partial charge is 0.586 e. The average molecular weight is 356 g/mol. The predicted molar refractivity (Wildman–Crippen MR) is 82.2 cm³/mol. The molecule has 2 aromatic carbocycles. The number of fused-ring (bicyclic) bond motifs is 1. The van der Waals surface area contributed by atoms with Gasteiger partial charge in [0, 0.05) is 6.07 Å². The number of halogens is 4. The Morgan fingerprint density at radius 1 is 1.00 bits per heavy atom. The van der Waals surface area contributed by atoms with E-state index in [-0.39, 0.29) is 22.8 Å². The van der Waals surface area contributed by atoms with Crippen molar-refractivity contribution in [2.75, 3.05) is 0 Å². The number of hydrogen-bond acceptors (Lipinski definition) is 3. The molecule has 3 rings (SSSR count). The van der Waals surface area contributed by atoms with Gasteiger partial charge in [0.25, 0.3) is 0 Å². The molecule has 0 N–H and O–H groups in total. The van der Waals surface area contributed by atoms with E-state index in [1.807, 2.05) is 0 Å². The van der Waals surface area contributed by atoms with Crippen LogP contribution in [0.3, 0.4) is 0 Å². The standard InChI is InChI=1S/C18H16F4O3/c1-2-3-4-12-5-7-13(8-6-12)17(19,20)23-14-9-10-15-16(11-14)25-18(21,22)24-15/h5-11H,2-4H2,1H3. The molecule has 0 unspecified atom stereocenters. The van der Waals surface area contributed by atoms with Crippen LogP contribution >= 0.6 is 0 Å². The molecule has 0 aromatic heterocycles. The lowest BCUT2D eigenvalue weighted by Gasteiger charge is -2.18. The molecule has 2 aromatic rings. The fourth-order valence-corrected chi connectivity index (χ4v) is 2.45. The molecule has 134 valence electrons. The monoisotopic (exact) mass is 356 g/mol. The Morgan fingerprint density at radius 2 is 1.68 bits per heavy atom. The minimum atomic E-state index is -3.81. The van der Waals surface area contributed by atoms with Crippen LogP contribution < -0.4 is 14.2 Å². The van der Waals surface area contributed by atoms with Gasteiger partial charge in [0.05, 0.1) is 5.56 Å². The number of unbranched alkanes of at least 4 members (excludes halogenated alkanes) is 1. The zero-order valence-electron chi connectivity index (χ0n) is 13.4. The fourth-order valence-electron chi connectivity index (χ4n) is 2.45. The highest BCUT2D eigenvalue weighted by molar-refractivity contribution is 5.47. The first-order valence-electron chi connectivity index (χ1n) is 7.85. The smallest absolute Gasteiger partial charge is 0.429 e. The van der Waals surface area contributed by atoms with Crippen LogP contribution in [-0.2, 0) is 12.5 Å². The third kappa shape index (κ3) is 3.97. The number of aryl methyl sites for hydroxylation is 1. The van der Waals surface area contributed by atoms with E-state index in [0.29, 0.717) is 0 Å². The summed E-state index contributed by atoms with van der Waals surface area (Å²) < 4.78 is 67.6. The average Bonchev–Trinajstić information content (AvgIpc) is 2.86. The summed E-state index contributed by atoms with van der Waals surface area (Å²) in [6.07, 6.45) is -4.60. The van der Waals surface area contributed by atoms with Crippen molar-refractivity contribution in [1.82, 2.24) is 0 Å². The topological polar surface area (TPSA) is 27.7 Å². The summed E-state index contributed by atoms with van der Waals surface area (Å²) in [6, 6.07) is 9.01. The lowest BCUT2D eigenvalue weighted by atomic mass is 10.1. The molecule has 1 aliphatic heterocycles. The molecule has 7 heteroatoms. The van der Waals surface area contributed by atoms with Crippen molar-refractivity contribution < 1.29 is 31.8 Å². The molecule has 1 aliphatic rings. The van der Waals surface area contributed by atoms with Gasteiger partial charge in [-0.15, -0.1) is 8.78 Å². The number of hydrogen-bond donors (Lipinski definition) is 0. The van der Waals surface area contributed by atoms with Gasteiger partial charge < -0.3 is 14.2 Å². The molecule has 0 fully saturated rings. The van der Waals surface area contributed by atoms with E-state index in [1.54, 1.807) is 12.1 Å². The molecular formula is C18H16F4O3. The first-order valence-corrected chi connectivity index (χ1v) is 7.85. The Morgan fingerprint density at radius 3 is 2.36 bits per heavy atom. The Hall–Kier alpha value is -2.44. The van der Waals surface area contributed by atoms with Crippen molar-refractivity contribution in [3.05, 3.63) is 53.6 Å². The lowest BCUT2D eigenvalue weighted by Crippen LogP contribution is -2.25. The second kappa shape index (κ2) is 6.46. The van der Waals surface area contributed by atoms with Crippen molar-refractivity contribution >= 4 is 0 Å². The van der Waals surface area contributed by atoms with Gasteiger partial charge in [-0.2, -0.15) is 8.78 Å². The number of rotatable bonds is 6. The van der Waals surface area contributed by atoms with E-state index in [9.17, 15) is 17.6 Å². The third-order valence-corrected chi connectivity index (χ3v) is 3.73. The lowest BCUT2D eigenvalue weighted by molar-refractivity contribution is -0.286. The number of alkyl halides is 4. The zero-order valence-corrected chi connectivity index (χ0v) is 13.4. The van der Waals surface area contributed by atoms with E-state index in [2.05, 4.69) is 21.1 Å². The Kier molecular flexibility index (Phi) is 4.49. The van der Waals surface area contributed by atoms with Crippen LogP contribution in [0, 0.1) is 0 Å². The van der Waals surface area contributed by atoms with Gasteiger partial charge in [-0.3, -0.25) is 0 Å². The maximum atomic E-state index is 14.3. The van der Waals surface area contributed by atoms with Crippen molar-refractivity contribution in [2.24, 2.45) is 0 Å². The quantitative estimate of drug-likeness (QED) is 0.642. The van der Waals surface area contributed by atoms with Crippen LogP contribution in [0.2, 0.25) is 0 Å². The minimum absolute atomic E-state index is 0.235. The third-order valence-electron chi connectivity index (χ3n) is 3.73. The molecule has 0 amide bonds. The summed E-state index contributed by atoms with van der Waals surface area (Å²) >= 11 is 0. The van der Waals surface area contributed by atoms with Crippen LogP contribution in [0.5, 0.6) is 17.2 Å². The molecular weight excluding hydrogens is 340 g/mol. The molecule has 3 nitrogen and oxygen atoms in total. The van der Waals surface area contributed by atoms with Crippen molar-refractivity contribution in [3.63, 3.8) is 0 Å². The highest BCUT2D eigenvalue weighted by Gasteiger charge is 2.44. The zero-order chi connectivity index (χ0) is 18.1. The number of ether oxygens (including phenoxy) is 3. The van der Waals surface area contributed by atoms with Crippen LogP contribution in [-0.4, -0.2) is 6.29 Å². The van der Waals surface area contributed by atoms with Gasteiger partial charge in [-0.05, 0) is 42.7 Å². The fraction of sp³-hybridized carbons (Fsp3) is 0.333.